The second-order valence-corrected chi connectivity index (χ2v) is 7.87. The second-order valence-electron chi connectivity index (χ2n) is 4.06. The van der Waals surface area contributed by atoms with Crippen LogP contribution >= 0.6 is 11.3 Å². The molecule has 0 radical (unpaired) electrons. The predicted octanol–water partition coefficient (Wildman–Crippen LogP) is 2.79. The largest absolute Gasteiger partial charge is 0.255 e. The van der Waals surface area contributed by atoms with Gasteiger partial charge in [0.1, 0.15) is 4.21 Å². The lowest BCUT2D eigenvalue weighted by Crippen LogP contribution is -2.12. The van der Waals surface area contributed by atoms with Crippen LogP contribution in [-0.4, -0.2) is 18.7 Å². The van der Waals surface area contributed by atoms with E-state index in [2.05, 4.69) is 4.98 Å². The maximum absolute atomic E-state index is 12.0. The van der Waals surface area contributed by atoms with Crippen LogP contribution in [0.1, 0.15) is 19.4 Å². The van der Waals surface area contributed by atoms with Crippen molar-refractivity contribution in [3.8, 4) is 0 Å². The summed E-state index contributed by atoms with van der Waals surface area (Å²) in [4.78, 5) is 4.22. The summed E-state index contributed by atoms with van der Waals surface area (Å²) in [6.45, 7) is 5.33. The molecule has 0 atom stereocenters. The summed E-state index contributed by atoms with van der Waals surface area (Å²) in [5.41, 5.74) is 1.80. The SMILES string of the molecule is Cc1cnc2cc(S(=O)(=O)C(C)C)sc2c1. The molecule has 0 aromatic carbocycles. The normalized spacial score (nSPS) is 12.5. The summed E-state index contributed by atoms with van der Waals surface area (Å²) in [5, 5.41) is -0.387. The number of fused-ring (bicyclic) bond motifs is 1. The molecule has 0 aliphatic rings. The van der Waals surface area contributed by atoms with Gasteiger partial charge in [0.2, 0.25) is 0 Å². The molecule has 2 aromatic heterocycles. The van der Waals surface area contributed by atoms with E-state index >= 15 is 0 Å². The van der Waals surface area contributed by atoms with Gasteiger partial charge < -0.3 is 0 Å². The molecule has 0 fully saturated rings. The van der Waals surface area contributed by atoms with Crippen LogP contribution in [0.4, 0.5) is 0 Å². The van der Waals surface area contributed by atoms with E-state index < -0.39 is 9.84 Å². The van der Waals surface area contributed by atoms with Crippen LogP contribution in [0.15, 0.2) is 22.5 Å². The van der Waals surface area contributed by atoms with E-state index in [0.717, 1.165) is 15.8 Å². The predicted molar refractivity (Wildman–Crippen MR) is 66.7 cm³/mol. The van der Waals surface area contributed by atoms with Gasteiger partial charge in [-0.3, -0.25) is 4.98 Å². The minimum Gasteiger partial charge on any atom is -0.255 e. The topological polar surface area (TPSA) is 47.0 Å². The van der Waals surface area contributed by atoms with E-state index in [9.17, 15) is 8.42 Å². The van der Waals surface area contributed by atoms with Crippen molar-refractivity contribution >= 4 is 31.4 Å². The number of thiophene rings is 1. The fourth-order valence-electron chi connectivity index (χ4n) is 1.37. The molecule has 0 amide bonds. The Bertz CT molecular complexity index is 626. The van der Waals surface area contributed by atoms with Gasteiger partial charge in [-0.1, -0.05) is 0 Å². The molecule has 2 aromatic rings. The van der Waals surface area contributed by atoms with Crippen LogP contribution < -0.4 is 0 Å². The van der Waals surface area contributed by atoms with Crippen molar-refractivity contribution in [2.24, 2.45) is 0 Å². The summed E-state index contributed by atoms with van der Waals surface area (Å²) < 4.78 is 25.3. The molecule has 0 saturated heterocycles. The second kappa shape index (κ2) is 3.82. The zero-order valence-corrected chi connectivity index (χ0v) is 11.0. The first-order chi connectivity index (χ1) is 7.41. The molecule has 0 saturated carbocycles. The summed E-state index contributed by atoms with van der Waals surface area (Å²) in [6, 6.07) is 3.63. The Morgan fingerprint density at radius 1 is 1.31 bits per heavy atom. The van der Waals surface area contributed by atoms with E-state index in [1.807, 2.05) is 13.0 Å². The van der Waals surface area contributed by atoms with E-state index in [4.69, 9.17) is 0 Å². The van der Waals surface area contributed by atoms with Gasteiger partial charge in [0.15, 0.2) is 9.84 Å². The molecule has 0 N–H and O–H groups in total. The zero-order valence-electron chi connectivity index (χ0n) is 9.39. The Morgan fingerprint density at radius 3 is 2.62 bits per heavy atom. The Kier molecular flexibility index (Phi) is 2.75. The number of hydrogen-bond acceptors (Lipinski definition) is 4. The average Bonchev–Trinajstić information content (AvgIpc) is 2.60. The van der Waals surface area contributed by atoms with Crippen molar-refractivity contribution in [2.45, 2.75) is 30.2 Å². The number of pyridine rings is 1. The van der Waals surface area contributed by atoms with Gasteiger partial charge in [-0.05, 0) is 38.5 Å². The number of sulfone groups is 1. The van der Waals surface area contributed by atoms with Gasteiger partial charge in [-0.2, -0.15) is 0 Å². The maximum Gasteiger partial charge on any atom is 0.190 e. The highest BCUT2D eigenvalue weighted by atomic mass is 32.2. The highest BCUT2D eigenvalue weighted by molar-refractivity contribution is 7.94. The molecule has 16 heavy (non-hydrogen) atoms. The molecular weight excluding hydrogens is 242 g/mol. The summed E-state index contributed by atoms with van der Waals surface area (Å²) in [6.07, 6.45) is 1.75. The first kappa shape index (κ1) is 11.5. The van der Waals surface area contributed by atoms with Crippen LogP contribution in [0.5, 0.6) is 0 Å². The van der Waals surface area contributed by atoms with Crippen LogP contribution in [0.3, 0.4) is 0 Å². The lowest BCUT2D eigenvalue weighted by Gasteiger charge is -2.03. The van der Waals surface area contributed by atoms with Crippen LogP contribution in [-0.2, 0) is 9.84 Å². The fraction of sp³-hybridized carbons (Fsp3) is 0.364. The number of rotatable bonds is 2. The Labute approximate surface area is 99.1 Å². The van der Waals surface area contributed by atoms with Crippen molar-refractivity contribution in [2.75, 3.05) is 0 Å². The minimum absolute atomic E-state index is 0.387. The zero-order chi connectivity index (χ0) is 11.9. The Balaban J connectivity index is 2.65. The van der Waals surface area contributed by atoms with Gasteiger partial charge in [0.05, 0.1) is 15.5 Å². The third kappa shape index (κ3) is 1.85. The third-order valence-electron chi connectivity index (χ3n) is 2.38. The smallest absolute Gasteiger partial charge is 0.190 e. The lowest BCUT2D eigenvalue weighted by atomic mass is 10.3. The molecule has 2 rings (SSSR count). The standard InChI is InChI=1S/C11H13NO2S2/c1-7(2)16(13,14)11-5-9-10(15-11)4-8(3)6-12-9/h4-7H,1-3H3. The summed E-state index contributed by atoms with van der Waals surface area (Å²) >= 11 is 1.30. The molecule has 2 heterocycles. The Hall–Kier alpha value is -0.940. The van der Waals surface area contributed by atoms with Crippen molar-refractivity contribution in [3.05, 3.63) is 23.9 Å². The average molecular weight is 255 g/mol. The van der Waals surface area contributed by atoms with Gasteiger partial charge in [0.25, 0.3) is 0 Å². The molecular formula is C11H13NO2S2. The fourth-order valence-corrected chi connectivity index (χ4v) is 4.27. The van der Waals surface area contributed by atoms with Gasteiger partial charge in [-0.15, -0.1) is 11.3 Å². The van der Waals surface area contributed by atoms with Crippen LogP contribution in [0, 0.1) is 6.92 Å². The van der Waals surface area contributed by atoms with E-state index in [-0.39, 0.29) is 5.25 Å². The van der Waals surface area contributed by atoms with Crippen molar-refractivity contribution in [1.82, 2.24) is 4.98 Å². The first-order valence-corrected chi connectivity index (χ1v) is 7.37. The molecule has 0 aliphatic carbocycles. The number of hydrogen-bond donors (Lipinski definition) is 0. The van der Waals surface area contributed by atoms with E-state index in [1.165, 1.54) is 11.3 Å². The lowest BCUT2D eigenvalue weighted by molar-refractivity contribution is 0.589. The van der Waals surface area contributed by atoms with Crippen LogP contribution in [0.25, 0.3) is 10.2 Å². The monoisotopic (exact) mass is 255 g/mol. The van der Waals surface area contributed by atoms with Gasteiger partial charge >= 0.3 is 0 Å². The molecule has 86 valence electrons. The number of nitrogens with zero attached hydrogens (tertiary/aromatic N) is 1. The molecule has 0 aliphatic heterocycles. The Morgan fingerprint density at radius 2 is 2.00 bits per heavy atom. The number of aryl methyl sites for hydroxylation is 1. The number of aromatic nitrogens is 1. The van der Waals surface area contributed by atoms with Crippen molar-refractivity contribution < 1.29 is 8.42 Å². The van der Waals surface area contributed by atoms with E-state index in [0.29, 0.717) is 4.21 Å². The van der Waals surface area contributed by atoms with Crippen LogP contribution in [0.2, 0.25) is 0 Å². The first-order valence-electron chi connectivity index (χ1n) is 5.01. The van der Waals surface area contributed by atoms with Crippen molar-refractivity contribution in [1.29, 1.82) is 0 Å². The molecule has 0 spiro atoms. The minimum atomic E-state index is -3.17. The summed E-state index contributed by atoms with van der Waals surface area (Å²) in [7, 11) is -3.17. The molecule has 0 unspecified atom stereocenters. The highest BCUT2D eigenvalue weighted by Gasteiger charge is 2.21. The summed E-state index contributed by atoms with van der Waals surface area (Å²) in [5.74, 6) is 0. The van der Waals surface area contributed by atoms with E-state index in [1.54, 1.807) is 26.1 Å². The van der Waals surface area contributed by atoms with Gasteiger partial charge in [0, 0.05) is 6.20 Å². The molecule has 3 nitrogen and oxygen atoms in total. The molecule has 0 bridgehead atoms. The third-order valence-corrected chi connectivity index (χ3v) is 6.12. The quantitative estimate of drug-likeness (QED) is 0.829. The van der Waals surface area contributed by atoms with Crippen molar-refractivity contribution in [3.63, 3.8) is 0 Å². The molecule has 5 heteroatoms. The highest BCUT2D eigenvalue weighted by Crippen LogP contribution is 2.30. The van der Waals surface area contributed by atoms with Gasteiger partial charge in [-0.25, -0.2) is 8.42 Å². The maximum atomic E-state index is 12.0.